The number of rotatable bonds is 5. The van der Waals surface area contributed by atoms with E-state index in [2.05, 4.69) is 5.10 Å². The molecular formula is C18H15ClN2O4. The molecule has 3 aromatic rings. The third-order valence-electron chi connectivity index (χ3n) is 3.96. The van der Waals surface area contributed by atoms with Crippen LogP contribution in [-0.2, 0) is 4.79 Å². The van der Waals surface area contributed by atoms with Crippen LogP contribution in [-0.4, -0.2) is 33.7 Å². The summed E-state index contributed by atoms with van der Waals surface area (Å²) in [6.45, 7) is 1.50. The summed E-state index contributed by atoms with van der Waals surface area (Å²) in [6, 6.07) is 10.6. The van der Waals surface area contributed by atoms with E-state index in [4.69, 9.17) is 16.3 Å². The molecule has 0 aliphatic rings. The van der Waals surface area contributed by atoms with Crippen molar-refractivity contribution in [1.29, 1.82) is 0 Å². The molecule has 1 heterocycles. The first-order valence-electron chi connectivity index (χ1n) is 7.51. The summed E-state index contributed by atoms with van der Waals surface area (Å²) < 4.78 is 6.52. The van der Waals surface area contributed by atoms with E-state index in [0.717, 1.165) is 0 Å². The molecule has 0 saturated carbocycles. The Hall–Kier alpha value is -2.86. The SMILES string of the molecule is COc1ccc2c(C(=O)c3ccc(Cl)cc3)nn(C(C)C(=O)O)c2c1. The van der Waals surface area contributed by atoms with Crippen molar-refractivity contribution >= 4 is 34.3 Å². The Kier molecular flexibility index (Phi) is 4.46. The molecule has 7 heteroatoms. The van der Waals surface area contributed by atoms with Gasteiger partial charge in [-0.1, -0.05) is 11.6 Å². The molecule has 0 aliphatic carbocycles. The number of fused-ring (bicyclic) bond motifs is 1. The van der Waals surface area contributed by atoms with Gasteiger partial charge in [-0.3, -0.25) is 4.79 Å². The molecule has 1 aromatic heterocycles. The topological polar surface area (TPSA) is 81.4 Å². The van der Waals surface area contributed by atoms with Crippen molar-refractivity contribution in [3.63, 3.8) is 0 Å². The summed E-state index contributed by atoms with van der Waals surface area (Å²) >= 11 is 5.86. The number of halogens is 1. The fourth-order valence-electron chi connectivity index (χ4n) is 2.55. The zero-order chi connectivity index (χ0) is 18.1. The third-order valence-corrected chi connectivity index (χ3v) is 4.21. The summed E-state index contributed by atoms with van der Waals surface area (Å²) in [5.41, 5.74) is 1.13. The lowest BCUT2D eigenvalue weighted by atomic mass is 10.1. The molecule has 3 rings (SSSR count). The van der Waals surface area contributed by atoms with Gasteiger partial charge in [0.15, 0.2) is 0 Å². The van der Waals surface area contributed by atoms with E-state index < -0.39 is 12.0 Å². The van der Waals surface area contributed by atoms with Crippen molar-refractivity contribution in [3.05, 3.63) is 58.7 Å². The van der Waals surface area contributed by atoms with E-state index in [1.165, 1.54) is 18.7 Å². The van der Waals surface area contributed by atoms with Crippen molar-refractivity contribution in [2.45, 2.75) is 13.0 Å². The summed E-state index contributed by atoms with van der Waals surface area (Å²) in [5.74, 6) is -0.794. The first kappa shape index (κ1) is 17.0. The Labute approximate surface area is 148 Å². The molecule has 0 amide bonds. The molecule has 0 bridgehead atoms. The van der Waals surface area contributed by atoms with Gasteiger partial charge >= 0.3 is 5.97 Å². The number of benzene rings is 2. The van der Waals surface area contributed by atoms with Crippen LogP contribution in [0.5, 0.6) is 5.75 Å². The smallest absolute Gasteiger partial charge is 0.328 e. The number of carbonyl (C=O) groups excluding carboxylic acids is 1. The predicted molar refractivity (Wildman–Crippen MR) is 93.5 cm³/mol. The number of nitrogens with zero attached hydrogens (tertiary/aromatic N) is 2. The highest BCUT2D eigenvalue weighted by atomic mass is 35.5. The van der Waals surface area contributed by atoms with Gasteiger partial charge in [0.1, 0.15) is 17.5 Å². The Bertz CT molecular complexity index is 963. The summed E-state index contributed by atoms with van der Waals surface area (Å²) in [6.07, 6.45) is 0. The summed E-state index contributed by atoms with van der Waals surface area (Å²) in [7, 11) is 1.52. The third kappa shape index (κ3) is 3.08. The highest BCUT2D eigenvalue weighted by molar-refractivity contribution is 6.30. The van der Waals surface area contributed by atoms with Gasteiger partial charge in [0.25, 0.3) is 0 Å². The van der Waals surface area contributed by atoms with Gasteiger partial charge in [-0.15, -0.1) is 0 Å². The number of aromatic nitrogens is 2. The van der Waals surface area contributed by atoms with Crippen molar-refractivity contribution in [3.8, 4) is 5.75 Å². The minimum Gasteiger partial charge on any atom is -0.497 e. The lowest BCUT2D eigenvalue weighted by molar-refractivity contribution is -0.140. The number of carboxylic acid groups (broad SMARTS) is 1. The second-order valence-electron chi connectivity index (χ2n) is 5.53. The summed E-state index contributed by atoms with van der Waals surface area (Å²) in [4.78, 5) is 24.2. The Morgan fingerprint density at radius 3 is 2.48 bits per heavy atom. The van der Waals surface area contributed by atoms with Gasteiger partial charge in [0, 0.05) is 22.0 Å². The molecule has 6 nitrogen and oxygen atoms in total. The molecule has 1 unspecified atom stereocenters. The quantitative estimate of drug-likeness (QED) is 0.705. The van der Waals surface area contributed by atoms with E-state index in [0.29, 0.717) is 27.2 Å². The number of hydrogen-bond acceptors (Lipinski definition) is 4. The predicted octanol–water partition coefficient (Wildman–Crippen LogP) is 3.57. The molecular weight excluding hydrogens is 344 g/mol. The molecule has 0 saturated heterocycles. The van der Waals surface area contributed by atoms with Gasteiger partial charge in [-0.25, -0.2) is 9.48 Å². The number of carbonyl (C=O) groups is 2. The largest absolute Gasteiger partial charge is 0.497 e. The van der Waals surface area contributed by atoms with Crippen LogP contribution < -0.4 is 4.74 Å². The van der Waals surface area contributed by atoms with Crippen LogP contribution >= 0.6 is 11.6 Å². The van der Waals surface area contributed by atoms with E-state index in [9.17, 15) is 14.7 Å². The van der Waals surface area contributed by atoms with Crippen LogP contribution in [0.25, 0.3) is 10.9 Å². The second-order valence-corrected chi connectivity index (χ2v) is 5.96. The Morgan fingerprint density at radius 2 is 1.88 bits per heavy atom. The molecule has 1 N–H and O–H groups in total. The number of ketones is 1. The van der Waals surface area contributed by atoms with Gasteiger partial charge in [-0.05, 0) is 43.3 Å². The van der Waals surface area contributed by atoms with Crippen molar-refractivity contribution < 1.29 is 19.4 Å². The standard InChI is InChI=1S/C18H15ClN2O4/c1-10(18(23)24)21-15-9-13(25-2)7-8-14(15)16(20-21)17(22)11-3-5-12(19)6-4-11/h3-10H,1-2H3,(H,23,24). The fraction of sp³-hybridized carbons (Fsp3) is 0.167. The molecule has 0 fully saturated rings. The van der Waals surface area contributed by atoms with Crippen molar-refractivity contribution in [2.24, 2.45) is 0 Å². The van der Waals surface area contributed by atoms with Crippen LogP contribution in [0.2, 0.25) is 5.02 Å². The van der Waals surface area contributed by atoms with Gasteiger partial charge in [0.2, 0.25) is 5.78 Å². The average Bonchev–Trinajstić information content (AvgIpc) is 2.99. The summed E-state index contributed by atoms with van der Waals surface area (Å²) in [5, 5.41) is 14.7. The highest BCUT2D eigenvalue weighted by Crippen LogP contribution is 2.28. The van der Waals surface area contributed by atoms with Crippen molar-refractivity contribution in [2.75, 3.05) is 7.11 Å². The first-order chi connectivity index (χ1) is 11.9. The van der Waals surface area contributed by atoms with Crippen LogP contribution in [0, 0.1) is 0 Å². The van der Waals surface area contributed by atoms with Crippen LogP contribution in [0.4, 0.5) is 0 Å². The number of aliphatic carboxylic acids is 1. The zero-order valence-electron chi connectivity index (χ0n) is 13.6. The maximum absolute atomic E-state index is 12.8. The minimum absolute atomic E-state index is 0.188. The van der Waals surface area contributed by atoms with Crippen LogP contribution in [0.15, 0.2) is 42.5 Å². The lowest BCUT2D eigenvalue weighted by Crippen LogP contribution is -2.17. The van der Waals surface area contributed by atoms with Gasteiger partial charge in [-0.2, -0.15) is 5.10 Å². The van der Waals surface area contributed by atoms with Gasteiger partial charge in [0.05, 0.1) is 12.6 Å². The van der Waals surface area contributed by atoms with Crippen molar-refractivity contribution in [1.82, 2.24) is 9.78 Å². The number of carboxylic acids is 1. The number of hydrogen-bond donors (Lipinski definition) is 1. The molecule has 0 aliphatic heterocycles. The monoisotopic (exact) mass is 358 g/mol. The van der Waals surface area contributed by atoms with Gasteiger partial charge < -0.3 is 9.84 Å². The van der Waals surface area contributed by atoms with Crippen LogP contribution in [0.3, 0.4) is 0 Å². The molecule has 2 aromatic carbocycles. The van der Waals surface area contributed by atoms with Crippen LogP contribution in [0.1, 0.15) is 29.0 Å². The number of ether oxygens (including phenoxy) is 1. The highest BCUT2D eigenvalue weighted by Gasteiger charge is 2.24. The lowest BCUT2D eigenvalue weighted by Gasteiger charge is -2.08. The normalized spacial score (nSPS) is 12.1. The second kappa shape index (κ2) is 6.57. The Morgan fingerprint density at radius 1 is 1.20 bits per heavy atom. The minimum atomic E-state index is -1.04. The van der Waals surface area contributed by atoms with E-state index in [-0.39, 0.29) is 11.5 Å². The maximum atomic E-state index is 12.8. The molecule has 128 valence electrons. The van der Waals surface area contributed by atoms with E-state index >= 15 is 0 Å². The molecule has 0 radical (unpaired) electrons. The molecule has 1 atom stereocenters. The molecule has 25 heavy (non-hydrogen) atoms. The number of methoxy groups -OCH3 is 1. The van der Waals surface area contributed by atoms with E-state index in [1.807, 2.05) is 0 Å². The first-order valence-corrected chi connectivity index (χ1v) is 7.89. The zero-order valence-corrected chi connectivity index (χ0v) is 14.3. The Balaban J connectivity index is 2.19. The average molecular weight is 359 g/mol. The maximum Gasteiger partial charge on any atom is 0.328 e. The molecule has 0 spiro atoms. The fourth-order valence-corrected chi connectivity index (χ4v) is 2.68. The van der Waals surface area contributed by atoms with E-state index in [1.54, 1.807) is 42.5 Å².